The number of methoxy groups -OCH3 is 1. The Morgan fingerprint density at radius 3 is 2.48 bits per heavy atom. The molecule has 0 saturated carbocycles. The molecule has 2 fully saturated rings. The van der Waals surface area contributed by atoms with Gasteiger partial charge in [0, 0.05) is 39.3 Å². The highest BCUT2D eigenvalue weighted by Crippen LogP contribution is 2.20. The van der Waals surface area contributed by atoms with E-state index in [1.54, 1.807) is 0 Å². The summed E-state index contributed by atoms with van der Waals surface area (Å²) in [6.45, 7) is 11.9. The molecule has 2 heterocycles. The smallest absolute Gasteiger partial charge is 0.308 e. The molecule has 122 valence electrons. The van der Waals surface area contributed by atoms with Gasteiger partial charge in [-0.25, -0.2) is 0 Å². The van der Waals surface area contributed by atoms with Gasteiger partial charge in [0.15, 0.2) is 0 Å². The van der Waals surface area contributed by atoms with Crippen LogP contribution < -0.4 is 0 Å². The molecule has 2 aliphatic heterocycles. The largest absolute Gasteiger partial charge is 0.469 e. The van der Waals surface area contributed by atoms with Gasteiger partial charge in [-0.1, -0.05) is 13.8 Å². The third kappa shape index (κ3) is 5.57. The molecule has 2 rings (SSSR count). The van der Waals surface area contributed by atoms with Crippen LogP contribution in [0.25, 0.3) is 0 Å². The predicted molar refractivity (Wildman–Crippen MR) is 82.2 cm³/mol. The van der Waals surface area contributed by atoms with Crippen molar-refractivity contribution >= 4 is 5.97 Å². The SMILES string of the molecule is COC(=O)C[C@@H]1CN(CCN2C[C@H](C)C[C@@H](C)C2)CCO1. The monoisotopic (exact) mass is 298 g/mol. The van der Waals surface area contributed by atoms with E-state index in [4.69, 9.17) is 9.47 Å². The number of ether oxygens (including phenoxy) is 2. The number of carbonyl (C=O) groups is 1. The molecule has 0 aromatic rings. The molecule has 5 heteroatoms. The number of hydrogen-bond donors (Lipinski definition) is 0. The number of piperidine rings is 1. The first-order valence-corrected chi connectivity index (χ1v) is 8.20. The van der Waals surface area contributed by atoms with Gasteiger partial charge in [0.25, 0.3) is 0 Å². The Kier molecular flexibility index (Phi) is 6.45. The maximum absolute atomic E-state index is 11.3. The zero-order valence-corrected chi connectivity index (χ0v) is 13.7. The number of esters is 1. The topological polar surface area (TPSA) is 42.0 Å². The van der Waals surface area contributed by atoms with Crippen LogP contribution in [0.3, 0.4) is 0 Å². The second-order valence-corrected chi connectivity index (χ2v) is 6.78. The Bertz CT molecular complexity index is 327. The molecule has 2 saturated heterocycles. The fourth-order valence-electron chi connectivity index (χ4n) is 3.63. The van der Waals surface area contributed by atoms with Crippen LogP contribution in [-0.4, -0.2) is 74.9 Å². The highest BCUT2D eigenvalue weighted by Gasteiger charge is 2.25. The highest BCUT2D eigenvalue weighted by atomic mass is 16.5. The summed E-state index contributed by atoms with van der Waals surface area (Å²) in [7, 11) is 1.43. The second-order valence-electron chi connectivity index (χ2n) is 6.78. The minimum absolute atomic E-state index is 0.00889. The Hall–Kier alpha value is -0.650. The van der Waals surface area contributed by atoms with Gasteiger partial charge >= 0.3 is 5.97 Å². The molecular weight excluding hydrogens is 268 g/mol. The molecule has 0 bridgehead atoms. The number of hydrogen-bond acceptors (Lipinski definition) is 5. The fraction of sp³-hybridized carbons (Fsp3) is 0.938. The van der Waals surface area contributed by atoms with Crippen molar-refractivity contribution in [1.29, 1.82) is 0 Å². The van der Waals surface area contributed by atoms with Crippen LogP contribution in [0.1, 0.15) is 26.7 Å². The zero-order chi connectivity index (χ0) is 15.2. The van der Waals surface area contributed by atoms with Gasteiger partial charge in [-0.15, -0.1) is 0 Å². The molecule has 0 spiro atoms. The van der Waals surface area contributed by atoms with E-state index in [9.17, 15) is 4.79 Å². The molecule has 0 amide bonds. The number of nitrogens with zero attached hydrogens (tertiary/aromatic N) is 2. The van der Waals surface area contributed by atoms with Gasteiger partial charge in [-0.2, -0.15) is 0 Å². The number of morpholine rings is 1. The lowest BCUT2D eigenvalue weighted by molar-refractivity contribution is -0.145. The summed E-state index contributed by atoms with van der Waals surface area (Å²) in [5, 5.41) is 0. The van der Waals surface area contributed by atoms with E-state index < -0.39 is 0 Å². The summed E-state index contributed by atoms with van der Waals surface area (Å²) in [6.07, 6.45) is 1.71. The molecule has 2 aliphatic rings. The van der Waals surface area contributed by atoms with Crippen molar-refractivity contribution in [3.8, 4) is 0 Å². The lowest BCUT2D eigenvalue weighted by Crippen LogP contribution is -2.48. The standard InChI is InChI=1S/C16H30N2O3/c1-13-8-14(2)11-18(10-13)5-4-17-6-7-21-15(12-17)9-16(19)20-3/h13-15H,4-12H2,1-3H3/t13-,14-,15-/m1/s1. The minimum atomic E-state index is -0.180. The van der Waals surface area contributed by atoms with Crippen molar-refractivity contribution in [2.45, 2.75) is 32.8 Å². The predicted octanol–water partition coefficient (Wildman–Crippen LogP) is 1.23. The van der Waals surface area contributed by atoms with Crippen molar-refractivity contribution < 1.29 is 14.3 Å². The van der Waals surface area contributed by atoms with Gasteiger partial charge in [-0.05, 0) is 18.3 Å². The molecule has 0 unspecified atom stereocenters. The summed E-state index contributed by atoms with van der Waals surface area (Å²) in [6, 6.07) is 0. The Labute approximate surface area is 128 Å². The summed E-state index contributed by atoms with van der Waals surface area (Å²) >= 11 is 0. The Morgan fingerprint density at radius 2 is 1.81 bits per heavy atom. The third-order valence-electron chi connectivity index (χ3n) is 4.52. The first kappa shape index (κ1) is 16.7. The number of carbonyl (C=O) groups excluding carboxylic acids is 1. The van der Waals surface area contributed by atoms with E-state index in [0.717, 1.165) is 38.0 Å². The van der Waals surface area contributed by atoms with Crippen LogP contribution in [0.2, 0.25) is 0 Å². The summed E-state index contributed by atoms with van der Waals surface area (Å²) < 4.78 is 10.4. The molecule has 3 atom stereocenters. The molecule has 0 aromatic heterocycles. The van der Waals surface area contributed by atoms with Crippen LogP contribution in [0, 0.1) is 11.8 Å². The Balaban J connectivity index is 1.71. The van der Waals surface area contributed by atoms with Crippen LogP contribution in [0.4, 0.5) is 0 Å². The van der Waals surface area contributed by atoms with E-state index in [-0.39, 0.29) is 12.1 Å². The molecule has 0 aromatic carbocycles. The maximum Gasteiger partial charge on any atom is 0.308 e. The number of likely N-dealkylation sites (tertiary alicyclic amines) is 1. The van der Waals surface area contributed by atoms with E-state index >= 15 is 0 Å². The fourth-order valence-corrected chi connectivity index (χ4v) is 3.63. The average Bonchev–Trinajstić information content (AvgIpc) is 2.44. The van der Waals surface area contributed by atoms with Crippen molar-refractivity contribution in [3.05, 3.63) is 0 Å². The van der Waals surface area contributed by atoms with Gasteiger partial charge in [-0.3, -0.25) is 9.69 Å². The van der Waals surface area contributed by atoms with Crippen LogP contribution in [-0.2, 0) is 14.3 Å². The molecule has 0 radical (unpaired) electrons. The molecule has 0 aliphatic carbocycles. The minimum Gasteiger partial charge on any atom is -0.469 e. The average molecular weight is 298 g/mol. The molecule has 21 heavy (non-hydrogen) atoms. The van der Waals surface area contributed by atoms with Crippen molar-refractivity contribution in [3.63, 3.8) is 0 Å². The van der Waals surface area contributed by atoms with E-state index in [2.05, 4.69) is 23.6 Å². The van der Waals surface area contributed by atoms with Crippen LogP contribution >= 0.6 is 0 Å². The van der Waals surface area contributed by atoms with Gasteiger partial charge in [0.05, 0.1) is 26.2 Å². The first-order chi connectivity index (χ1) is 10.1. The van der Waals surface area contributed by atoms with Gasteiger partial charge < -0.3 is 14.4 Å². The van der Waals surface area contributed by atoms with E-state index in [0.29, 0.717) is 13.0 Å². The second kappa shape index (κ2) is 8.11. The molecular formula is C16H30N2O3. The summed E-state index contributed by atoms with van der Waals surface area (Å²) in [5.41, 5.74) is 0. The van der Waals surface area contributed by atoms with Crippen LogP contribution in [0.5, 0.6) is 0 Å². The molecule has 5 nitrogen and oxygen atoms in total. The highest BCUT2D eigenvalue weighted by molar-refractivity contribution is 5.69. The maximum atomic E-state index is 11.3. The lowest BCUT2D eigenvalue weighted by atomic mass is 9.92. The summed E-state index contributed by atoms with van der Waals surface area (Å²) in [4.78, 5) is 16.3. The van der Waals surface area contributed by atoms with E-state index in [1.807, 2.05) is 0 Å². The normalized spacial score (nSPS) is 32.0. The Morgan fingerprint density at radius 1 is 1.14 bits per heavy atom. The molecule has 0 N–H and O–H groups in total. The van der Waals surface area contributed by atoms with Crippen LogP contribution in [0.15, 0.2) is 0 Å². The van der Waals surface area contributed by atoms with Gasteiger partial charge in [0.2, 0.25) is 0 Å². The third-order valence-corrected chi connectivity index (χ3v) is 4.52. The van der Waals surface area contributed by atoms with Crippen molar-refractivity contribution in [1.82, 2.24) is 9.80 Å². The summed E-state index contributed by atoms with van der Waals surface area (Å²) in [5.74, 6) is 1.44. The quantitative estimate of drug-likeness (QED) is 0.714. The number of rotatable bonds is 5. The van der Waals surface area contributed by atoms with Crippen molar-refractivity contribution in [2.75, 3.05) is 53.0 Å². The van der Waals surface area contributed by atoms with E-state index in [1.165, 1.54) is 26.6 Å². The van der Waals surface area contributed by atoms with Crippen molar-refractivity contribution in [2.24, 2.45) is 11.8 Å². The lowest BCUT2D eigenvalue weighted by Gasteiger charge is -2.38. The van der Waals surface area contributed by atoms with Gasteiger partial charge in [0.1, 0.15) is 0 Å². The zero-order valence-electron chi connectivity index (χ0n) is 13.7. The first-order valence-electron chi connectivity index (χ1n) is 8.20.